The lowest BCUT2D eigenvalue weighted by Gasteiger charge is -1.99. The molecule has 0 spiro atoms. The Morgan fingerprint density at radius 1 is 1.22 bits per heavy atom. The molecule has 9 heavy (non-hydrogen) atoms. The van der Waals surface area contributed by atoms with Gasteiger partial charge in [0.1, 0.15) is 0 Å². The first kappa shape index (κ1) is 12.0. The van der Waals surface area contributed by atoms with Crippen LogP contribution in [0.25, 0.3) is 0 Å². The highest BCUT2D eigenvalue weighted by Gasteiger charge is 1.94. The molecule has 0 aromatic rings. The second-order valence-electron chi connectivity index (χ2n) is 1.65. The first-order chi connectivity index (χ1) is 3.81. The minimum absolute atomic E-state index is 0. The molecule has 2 heteroatoms. The van der Waals surface area contributed by atoms with Crippen LogP contribution in [-0.4, -0.2) is 4.83 Å². The molecule has 0 fully saturated rings. The van der Waals surface area contributed by atoms with E-state index in [0.717, 1.165) is 12.8 Å². The number of allylic oxidation sites excluding steroid dienone is 2. The van der Waals surface area contributed by atoms with Gasteiger partial charge in [0.2, 0.25) is 0 Å². The number of hydrogen-bond donors (Lipinski definition) is 0. The third-order valence-corrected chi connectivity index (χ3v) is 1.59. The summed E-state index contributed by atoms with van der Waals surface area (Å²) in [6, 6.07) is 0. The summed E-state index contributed by atoms with van der Waals surface area (Å²) in [5.41, 5.74) is 0. The minimum Gasteiger partial charge on any atom is -0.197 e. The smallest absolute Gasteiger partial charge is 0.0214 e. The van der Waals surface area contributed by atoms with Crippen LogP contribution in [0, 0.1) is 0 Å². The molecule has 0 saturated heterocycles. The van der Waals surface area contributed by atoms with E-state index in [1.54, 1.807) is 0 Å². The highest BCUT2D eigenvalue weighted by molar-refractivity contribution is 9.09. The molecule has 0 aromatic heterocycles. The Bertz CT molecular complexity index is 71.0. The highest BCUT2D eigenvalue weighted by Crippen LogP contribution is 2.09. The fourth-order valence-corrected chi connectivity index (χ4v) is 0.987. The molecule has 0 nitrogen and oxygen atoms in total. The maximum absolute atomic E-state index is 3.62. The number of alkyl halides is 1. The zero-order chi connectivity index (χ0) is 6.41. The average molecular weight is 209 g/mol. The molecule has 0 atom stereocenters. The molecule has 0 rings (SSSR count). The van der Waals surface area contributed by atoms with Gasteiger partial charge in [-0.15, -0.1) is 13.2 Å². The standard InChI is InChI=1S/C7H11Br.H2S/c1-3-5-7(8)6-4-2;/h3-4,7H,1-2,5-6H2;1H2. The van der Waals surface area contributed by atoms with Gasteiger partial charge in [0, 0.05) is 4.83 Å². The highest BCUT2D eigenvalue weighted by atomic mass is 79.9. The van der Waals surface area contributed by atoms with Crippen LogP contribution in [0.2, 0.25) is 0 Å². The summed E-state index contributed by atoms with van der Waals surface area (Å²) in [6.07, 6.45) is 5.85. The molecule has 0 amide bonds. The quantitative estimate of drug-likeness (QED) is 0.493. The van der Waals surface area contributed by atoms with Crippen molar-refractivity contribution in [1.29, 1.82) is 0 Å². The first-order valence-corrected chi connectivity index (χ1v) is 3.58. The number of rotatable bonds is 4. The molecule has 0 saturated carbocycles. The van der Waals surface area contributed by atoms with Crippen molar-refractivity contribution in [3.63, 3.8) is 0 Å². The molecule has 0 bridgehead atoms. The maximum atomic E-state index is 3.62. The molecule has 0 radical (unpaired) electrons. The Hall–Kier alpha value is 0.310. The van der Waals surface area contributed by atoms with Crippen LogP contribution >= 0.6 is 29.4 Å². The fourth-order valence-electron chi connectivity index (χ4n) is 0.458. The van der Waals surface area contributed by atoms with Crippen LogP contribution in [0.15, 0.2) is 25.3 Å². The van der Waals surface area contributed by atoms with E-state index in [-0.39, 0.29) is 13.5 Å². The van der Waals surface area contributed by atoms with E-state index < -0.39 is 0 Å². The van der Waals surface area contributed by atoms with Gasteiger partial charge >= 0.3 is 0 Å². The van der Waals surface area contributed by atoms with Crippen LogP contribution in [0.4, 0.5) is 0 Å². The summed E-state index contributed by atoms with van der Waals surface area (Å²) in [6.45, 7) is 7.24. The van der Waals surface area contributed by atoms with Gasteiger partial charge in [-0.1, -0.05) is 28.1 Å². The van der Waals surface area contributed by atoms with Gasteiger partial charge < -0.3 is 0 Å². The normalized spacial score (nSPS) is 8.22. The Labute approximate surface area is 72.6 Å². The molecule has 0 heterocycles. The Kier molecular flexibility index (Phi) is 11.1. The van der Waals surface area contributed by atoms with Gasteiger partial charge in [0.15, 0.2) is 0 Å². The molecule has 0 aromatic carbocycles. The van der Waals surface area contributed by atoms with E-state index in [2.05, 4.69) is 29.1 Å². The third kappa shape index (κ3) is 8.31. The predicted molar refractivity (Wildman–Crippen MR) is 52.7 cm³/mol. The SMILES string of the molecule is C=CCC(Br)CC=C.S. The summed E-state index contributed by atoms with van der Waals surface area (Å²) in [5, 5.41) is 0. The summed E-state index contributed by atoms with van der Waals surface area (Å²) in [4.78, 5) is 0.539. The van der Waals surface area contributed by atoms with Gasteiger partial charge in [-0.05, 0) is 12.8 Å². The van der Waals surface area contributed by atoms with E-state index in [1.807, 2.05) is 12.2 Å². The number of halogens is 1. The van der Waals surface area contributed by atoms with E-state index in [4.69, 9.17) is 0 Å². The molecule has 54 valence electrons. The Morgan fingerprint density at radius 2 is 1.56 bits per heavy atom. The van der Waals surface area contributed by atoms with Crippen molar-refractivity contribution >= 4 is 29.4 Å². The average Bonchev–Trinajstić information content (AvgIpc) is 1.68. The van der Waals surface area contributed by atoms with Crippen molar-refractivity contribution < 1.29 is 0 Å². The van der Waals surface area contributed by atoms with Crippen LogP contribution in [0.1, 0.15) is 12.8 Å². The van der Waals surface area contributed by atoms with E-state index in [1.165, 1.54) is 0 Å². The lowest BCUT2D eigenvalue weighted by molar-refractivity contribution is 0.910. The second-order valence-corrected chi connectivity index (χ2v) is 2.94. The monoisotopic (exact) mass is 208 g/mol. The van der Waals surface area contributed by atoms with Crippen LogP contribution in [0.5, 0.6) is 0 Å². The Morgan fingerprint density at radius 3 is 1.78 bits per heavy atom. The van der Waals surface area contributed by atoms with Gasteiger partial charge in [-0.2, -0.15) is 13.5 Å². The minimum atomic E-state index is 0. The zero-order valence-corrected chi connectivity index (χ0v) is 8.02. The largest absolute Gasteiger partial charge is 0.197 e. The summed E-state index contributed by atoms with van der Waals surface area (Å²) in [5.74, 6) is 0. The van der Waals surface area contributed by atoms with Crippen LogP contribution in [-0.2, 0) is 0 Å². The van der Waals surface area contributed by atoms with E-state index in [9.17, 15) is 0 Å². The van der Waals surface area contributed by atoms with Gasteiger partial charge in [0.05, 0.1) is 0 Å². The molecular formula is C7H13BrS. The predicted octanol–water partition coefficient (Wildman–Crippen LogP) is 3.01. The topological polar surface area (TPSA) is 0 Å². The fraction of sp³-hybridized carbons (Fsp3) is 0.429. The van der Waals surface area contributed by atoms with Gasteiger partial charge in [0.25, 0.3) is 0 Å². The van der Waals surface area contributed by atoms with Crippen LogP contribution in [0.3, 0.4) is 0 Å². The van der Waals surface area contributed by atoms with Crippen LogP contribution < -0.4 is 0 Å². The molecule has 0 aliphatic carbocycles. The van der Waals surface area contributed by atoms with E-state index >= 15 is 0 Å². The Balaban J connectivity index is 0. The zero-order valence-electron chi connectivity index (χ0n) is 5.44. The van der Waals surface area contributed by atoms with Gasteiger partial charge in [-0.25, -0.2) is 0 Å². The molecule has 0 aliphatic heterocycles. The molecule has 0 N–H and O–H groups in total. The van der Waals surface area contributed by atoms with Crippen molar-refractivity contribution in [3.8, 4) is 0 Å². The summed E-state index contributed by atoms with van der Waals surface area (Å²) >= 11 is 3.46. The summed E-state index contributed by atoms with van der Waals surface area (Å²) < 4.78 is 0. The van der Waals surface area contributed by atoms with Crippen molar-refractivity contribution in [2.45, 2.75) is 17.7 Å². The van der Waals surface area contributed by atoms with E-state index in [0.29, 0.717) is 4.83 Å². The lowest BCUT2D eigenvalue weighted by Crippen LogP contribution is -1.90. The second kappa shape index (κ2) is 8.31. The summed E-state index contributed by atoms with van der Waals surface area (Å²) in [7, 11) is 0. The van der Waals surface area contributed by atoms with Crippen molar-refractivity contribution in [3.05, 3.63) is 25.3 Å². The maximum Gasteiger partial charge on any atom is 0.0214 e. The van der Waals surface area contributed by atoms with Crippen molar-refractivity contribution in [2.75, 3.05) is 0 Å². The number of hydrogen-bond acceptors (Lipinski definition) is 0. The third-order valence-electron chi connectivity index (χ3n) is 0.845. The molecule has 0 unspecified atom stereocenters. The van der Waals surface area contributed by atoms with Crippen molar-refractivity contribution in [1.82, 2.24) is 0 Å². The van der Waals surface area contributed by atoms with Crippen molar-refractivity contribution in [2.24, 2.45) is 0 Å². The first-order valence-electron chi connectivity index (χ1n) is 2.67. The molecular weight excluding hydrogens is 196 g/mol. The molecule has 0 aliphatic rings. The van der Waals surface area contributed by atoms with Gasteiger partial charge in [-0.3, -0.25) is 0 Å². The lowest BCUT2D eigenvalue weighted by atomic mass is 10.2.